The monoisotopic (exact) mass is 335 g/mol. The van der Waals surface area contributed by atoms with E-state index in [9.17, 15) is 9.59 Å². The van der Waals surface area contributed by atoms with E-state index < -0.39 is 5.41 Å². The van der Waals surface area contributed by atoms with Crippen LogP contribution in [0.25, 0.3) is 0 Å². The number of hydrogen-bond acceptors (Lipinski definition) is 7. The van der Waals surface area contributed by atoms with E-state index in [2.05, 4.69) is 4.98 Å². The van der Waals surface area contributed by atoms with Gasteiger partial charge in [-0.15, -0.1) is 0 Å². The van der Waals surface area contributed by atoms with Crippen LogP contribution in [0.3, 0.4) is 0 Å². The van der Waals surface area contributed by atoms with E-state index in [0.29, 0.717) is 32.1 Å². The summed E-state index contributed by atoms with van der Waals surface area (Å²) >= 11 is 0. The average molecular weight is 335 g/mol. The van der Waals surface area contributed by atoms with Crippen LogP contribution in [-0.2, 0) is 14.3 Å². The maximum Gasteiger partial charge on any atom is 0.316 e. The summed E-state index contributed by atoms with van der Waals surface area (Å²) in [5, 5.41) is 0. The molecule has 1 aromatic heterocycles. The number of ether oxygens (including phenoxy) is 3. The summed E-state index contributed by atoms with van der Waals surface area (Å²) in [6.07, 6.45) is 1.54. The van der Waals surface area contributed by atoms with Gasteiger partial charge in [-0.2, -0.15) is 0 Å². The summed E-state index contributed by atoms with van der Waals surface area (Å²) in [4.78, 5) is 30.9. The maximum atomic E-state index is 12.9. The second kappa shape index (κ2) is 6.74. The number of fused-ring (bicyclic) bond motifs is 1. The number of esters is 1. The maximum absolute atomic E-state index is 12.9. The number of carbonyl (C=O) groups excluding carboxylic acids is 2. The van der Waals surface area contributed by atoms with Crippen molar-refractivity contribution in [3.63, 3.8) is 0 Å². The number of aromatic nitrogens is 1. The molecule has 0 saturated carbocycles. The van der Waals surface area contributed by atoms with E-state index in [0.717, 1.165) is 0 Å². The molecule has 0 spiro atoms. The predicted octanol–water partition coefficient (Wildman–Crippen LogP) is -0.319. The van der Waals surface area contributed by atoms with Crippen LogP contribution in [0, 0.1) is 11.3 Å². The number of hydrogen-bond donors (Lipinski definition) is 1. The fraction of sp³-hybridized carbons (Fsp3) is 0.562. The first-order chi connectivity index (χ1) is 11.6. The minimum absolute atomic E-state index is 0.0639. The molecule has 1 aromatic rings. The highest BCUT2D eigenvalue weighted by atomic mass is 16.5. The molecule has 130 valence electrons. The van der Waals surface area contributed by atoms with Crippen LogP contribution in [0.4, 0.5) is 0 Å². The Bertz CT molecular complexity index is 638. The SMILES string of the molecule is COC(=O)[C@@]12COC[C@@H]1CN(C(=O)c1ncccc1OCCN)C2. The number of carbonyl (C=O) groups is 2. The van der Waals surface area contributed by atoms with Gasteiger partial charge in [0.05, 0.1) is 20.3 Å². The van der Waals surface area contributed by atoms with Crippen LogP contribution in [0.1, 0.15) is 10.5 Å². The molecule has 2 aliphatic heterocycles. The van der Waals surface area contributed by atoms with Crippen LogP contribution >= 0.6 is 0 Å². The van der Waals surface area contributed by atoms with Gasteiger partial charge in [-0.25, -0.2) is 4.98 Å². The number of nitrogens with zero attached hydrogens (tertiary/aromatic N) is 2. The van der Waals surface area contributed by atoms with Gasteiger partial charge in [0.25, 0.3) is 5.91 Å². The highest BCUT2D eigenvalue weighted by Gasteiger charge is 2.58. The number of nitrogens with two attached hydrogens (primary N) is 1. The molecular weight excluding hydrogens is 314 g/mol. The van der Waals surface area contributed by atoms with E-state index >= 15 is 0 Å². The van der Waals surface area contributed by atoms with Gasteiger partial charge in [0, 0.05) is 31.7 Å². The van der Waals surface area contributed by atoms with Crippen LogP contribution in [0.2, 0.25) is 0 Å². The molecule has 2 fully saturated rings. The number of likely N-dealkylation sites (tertiary alicyclic amines) is 1. The van der Waals surface area contributed by atoms with Crippen molar-refractivity contribution in [3.8, 4) is 5.75 Å². The van der Waals surface area contributed by atoms with Gasteiger partial charge in [0.15, 0.2) is 11.4 Å². The van der Waals surface area contributed by atoms with E-state index in [4.69, 9.17) is 19.9 Å². The smallest absolute Gasteiger partial charge is 0.316 e. The van der Waals surface area contributed by atoms with Gasteiger partial charge in [0.2, 0.25) is 0 Å². The van der Waals surface area contributed by atoms with Gasteiger partial charge in [-0.05, 0) is 12.1 Å². The van der Waals surface area contributed by atoms with Gasteiger partial charge in [-0.1, -0.05) is 0 Å². The Hall–Kier alpha value is -2.19. The van der Waals surface area contributed by atoms with Crippen LogP contribution in [0.15, 0.2) is 18.3 Å². The molecule has 2 N–H and O–H groups in total. The molecule has 8 nitrogen and oxygen atoms in total. The van der Waals surface area contributed by atoms with Crippen LogP contribution in [-0.4, -0.2) is 68.3 Å². The number of amides is 1. The quantitative estimate of drug-likeness (QED) is 0.735. The highest BCUT2D eigenvalue weighted by molar-refractivity contribution is 5.96. The summed E-state index contributed by atoms with van der Waals surface area (Å²) in [6.45, 7) is 2.05. The van der Waals surface area contributed by atoms with Gasteiger partial charge < -0.3 is 24.8 Å². The zero-order valence-electron chi connectivity index (χ0n) is 13.6. The molecule has 0 radical (unpaired) electrons. The third-order valence-electron chi connectivity index (χ3n) is 4.60. The molecule has 0 bridgehead atoms. The number of rotatable bonds is 5. The second-order valence-corrected chi connectivity index (χ2v) is 6.03. The van der Waals surface area contributed by atoms with Crippen molar-refractivity contribution in [2.75, 3.05) is 46.6 Å². The fourth-order valence-corrected chi connectivity index (χ4v) is 3.37. The van der Waals surface area contributed by atoms with Gasteiger partial charge in [0.1, 0.15) is 12.0 Å². The second-order valence-electron chi connectivity index (χ2n) is 6.03. The minimum atomic E-state index is -0.780. The molecule has 8 heteroatoms. The van der Waals surface area contributed by atoms with Crippen LogP contribution in [0.5, 0.6) is 5.75 Å². The highest BCUT2D eigenvalue weighted by Crippen LogP contribution is 2.42. The Balaban J connectivity index is 1.81. The lowest BCUT2D eigenvalue weighted by molar-refractivity contribution is -0.153. The molecule has 0 aliphatic carbocycles. The Morgan fingerprint density at radius 2 is 2.38 bits per heavy atom. The van der Waals surface area contributed by atoms with Crippen molar-refractivity contribution in [1.82, 2.24) is 9.88 Å². The largest absolute Gasteiger partial charge is 0.490 e. The summed E-state index contributed by atoms with van der Waals surface area (Å²) < 4.78 is 15.9. The zero-order valence-corrected chi connectivity index (χ0v) is 13.6. The molecule has 0 aromatic carbocycles. The molecule has 0 unspecified atom stereocenters. The topological polar surface area (TPSA) is 104 Å². The van der Waals surface area contributed by atoms with E-state index in [-0.39, 0.29) is 36.6 Å². The summed E-state index contributed by atoms with van der Waals surface area (Å²) in [5.74, 6) is -0.263. The molecule has 3 heterocycles. The van der Waals surface area contributed by atoms with Crippen LogP contribution < -0.4 is 10.5 Å². The van der Waals surface area contributed by atoms with Crippen molar-refractivity contribution in [3.05, 3.63) is 24.0 Å². The van der Waals surface area contributed by atoms with Crippen molar-refractivity contribution in [1.29, 1.82) is 0 Å². The Morgan fingerprint density at radius 1 is 1.54 bits per heavy atom. The summed E-state index contributed by atoms with van der Waals surface area (Å²) in [7, 11) is 1.36. The Kier molecular flexibility index (Phi) is 4.68. The van der Waals surface area contributed by atoms with Crippen molar-refractivity contribution in [2.24, 2.45) is 17.1 Å². The Labute approximate surface area is 139 Å². The first-order valence-electron chi connectivity index (χ1n) is 7.85. The third-order valence-corrected chi connectivity index (χ3v) is 4.60. The van der Waals surface area contributed by atoms with Crippen molar-refractivity contribution < 1.29 is 23.8 Å². The van der Waals surface area contributed by atoms with Gasteiger partial charge in [-0.3, -0.25) is 9.59 Å². The third kappa shape index (κ3) is 2.71. The lowest BCUT2D eigenvalue weighted by atomic mass is 9.81. The van der Waals surface area contributed by atoms with Gasteiger partial charge >= 0.3 is 5.97 Å². The lowest BCUT2D eigenvalue weighted by Crippen LogP contribution is -2.41. The van der Waals surface area contributed by atoms with E-state index in [1.165, 1.54) is 7.11 Å². The zero-order chi connectivity index (χ0) is 17.2. The molecule has 24 heavy (non-hydrogen) atoms. The van der Waals surface area contributed by atoms with E-state index in [1.807, 2.05) is 0 Å². The predicted molar refractivity (Wildman–Crippen MR) is 83.4 cm³/mol. The average Bonchev–Trinajstić information content (AvgIpc) is 3.17. The van der Waals surface area contributed by atoms with Crippen molar-refractivity contribution in [2.45, 2.75) is 0 Å². The Morgan fingerprint density at radius 3 is 3.12 bits per heavy atom. The summed E-state index contributed by atoms with van der Waals surface area (Å²) in [5.41, 5.74) is 4.89. The molecule has 2 aliphatic rings. The molecule has 2 atom stereocenters. The fourth-order valence-electron chi connectivity index (χ4n) is 3.37. The lowest BCUT2D eigenvalue weighted by Gasteiger charge is -2.24. The van der Waals surface area contributed by atoms with Crippen molar-refractivity contribution >= 4 is 11.9 Å². The minimum Gasteiger partial charge on any atom is -0.490 e. The normalized spacial score (nSPS) is 25.4. The first kappa shape index (κ1) is 16.7. The number of pyridine rings is 1. The molecular formula is C16H21N3O5. The molecule has 1 amide bonds. The number of methoxy groups -OCH3 is 1. The standard InChI is InChI=1S/C16H21N3O5/c1-22-15(21)16-9-19(7-11(16)8-23-10-16)14(20)13-12(24-6-4-17)3-2-5-18-13/h2-3,5,11H,4,6-10,17H2,1H3/t11-,16-/m0/s1. The summed E-state index contributed by atoms with van der Waals surface area (Å²) in [6, 6.07) is 3.39. The molecule has 3 rings (SSSR count). The molecule has 2 saturated heterocycles. The first-order valence-corrected chi connectivity index (χ1v) is 7.85. The van der Waals surface area contributed by atoms with E-state index in [1.54, 1.807) is 23.2 Å².